The summed E-state index contributed by atoms with van der Waals surface area (Å²) in [4.78, 5) is 15.7. The van der Waals surface area contributed by atoms with Gasteiger partial charge < -0.3 is 4.98 Å². The predicted molar refractivity (Wildman–Crippen MR) is 85.4 cm³/mol. The van der Waals surface area contributed by atoms with Crippen molar-refractivity contribution in [3.05, 3.63) is 77.5 Å². The van der Waals surface area contributed by atoms with Gasteiger partial charge in [-0.25, -0.2) is 0 Å². The molecule has 0 saturated heterocycles. The van der Waals surface area contributed by atoms with Crippen LogP contribution in [0.15, 0.2) is 60.7 Å². The van der Waals surface area contributed by atoms with Gasteiger partial charge in [-0.1, -0.05) is 54.6 Å². The Kier molecular flexibility index (Phi) is 2.74. The number of benzene rings is 2. The van der Waals surface area contributed by atoms with Gasteiger partial charge in [-0.2, -0.15) is 0 Å². The van der Waals surface area contributed by atoms with Crippen LogP contribution in [0.1, 0.15) is 28.0 Å². The summed E-state index contributed by atoms with van der Waals surface area (Å²) in [6.45, 7) is 0. The van der Waals surface area contributed by atoms with Crippen LogP contribution >= 0.6 is 0 Å². The molecule has 0 radical (unpaired) electrons. The Morgan fingerprint density at radius 1 is 0.952 bits per heavy atom. The lowest BCUT2D eigenvalue weighted by molar-refractivity contribution is 0.0995. The third-order valence-corrected chi connectivity index (χ3v) is 4.08. The van der Waals surface area contributed by atoms with Crippen molar-refractivity contribution in [3.63, 3.8) is 0 Å². The van der Waals surface area contributed by atoms with Crippen molar-refractivity contribution in [2.24, 2.45) is 0 Å². The SMILES string of the molecule is O=C1CC=C(Cc2ccccc2)c2[nH]c3ccccc3c21. The third kappa shape index (κ3) is 2.00. The number of aromatic nitrogens is 1. The van der Waals surface area contributed by atoms with E-state index in [1.54, 1.807) is 0 Å². The van der Waals surface area contributed by atoms with Crippen molar-refractivity contribution in [1.29, 1.82) is 0 Å². The second kappa shape index (κ2) is 4.74. The molecule has 0 aliphatic heterocycles. The fourth-order valence-corrected chi connectivity index (χ4v) is 3.07. The Hall–Kier alpha value is -2.61. The lowest BCUT2D eigenvalue weighted by Gasteiger charge is -2.13. The Balaban J connectivity index is 1.84. The van der Waals surface area contributed by atoms with Gasteiger partial charge in [0.2, 0.25) is 0 Å². The smallest absolute Gasteiger partial charge is 0.169 e. The molecule has 21 heavy (non-hydrogen) atoms. The molecule has 0 fully saturated rings. The summed E-state index contributed by atoms with van der Waals surface area (Å²) in [5.41, 5.74) is 5.38. The van der Waals surface area contributed by atoms with Crippen LogP contribution in [0.3, 0.4) is 0 Å². The molecular weight excluding hydrogens is 258 g/mol. The van der Waals surface area contributed by atoms with E-state index in [0.29, 0.717) is 6.42 Å². The number of hydrogen-bond acceptors (Lipinski definition) is 1. The van der Waals surface area contributed by atoms with Crippen LogP contribution < -0.4 is 0 Å². The summed E-state index contributed by atoms with van der Waals surface area (Å²) in [6.07, 6.45) is 3.41. The summed E-state index contributed by atoms with van der Waals surface area (Å²) < 4.78 is 0. The van der Waals surface area contributed by atoms with E-state index in [9.17, 15) is 4.79 Å². The van der Waals surface area contributed by atoms with Crippen LogP contribution in [0.2, 0.25) is 0 Å². The van der Waals surface area contributed by atoms with Crippen LogP contribution in [0.4, 0.5) is 0 Å². The lowest BCUT2D eigenvalue weighted by Crippen LogP contribution is -2.08. The standard InChI is InChI=1S/C19H15NO/c21-17-11-10-14(12-13-6-2-1-3-7-13)19-18(17)15-8-4-5-9-16(15)20-19/h1-10,20H,11-12H2. The van der Waals surface area contributed by atoms with Crippen LogP contribution in [-0.4, -0.2) is 10.8 Å². The highest BCUT2D eigenvalue weighted by molar-refractivity contribution is 6.14. The summed E-state index contributed by atoms with van der Waals surface area (Å²) in [5, 5.41) is 1.04. The number of fused-ring (bicyclic) bond motifs is 3. The highest BCUT2D eigenvalue weighted by atomic mass is 16.1. The summed E-state index contributed by atoms with van der Waals surface area (Å²) >= 11 is 0. The van der Waals surface area contributed by atoms with E-state index < -0.39 is 0 Å². The van der Waals surface area contributed by atoms with Crippen LogP contribution in [0, 0.1) is 0 Å². The highest BCUT2D eigenvalue weighted by Gasteiger charge is 2.23. The molecule has 2 aromatic carbocycles. The van der Waals surface area contributed by atoms with Crippen LogP contribution in [0.5, 0.6) is 0 Å². The number of hydrogen-bond donors (Lipinski definition) is 1. The number of H-pyrrole nitrogens is 1. The van der Waals surface area contributed by atoms with Crippen LogP contribution in [0.25, 0.3) is 16.5 Å². The van der Waals surface area contributed by atoms with E-state index in [0.717, 1.165) is 28.6 Å². The molecule has 102 valence electrons. The van der Waals surface area contributed by atoms with Gasteiger partial charge in [-0.15, -0.1) is 0 Å². The predicted octanol–water partition coefficient (Wildman–Crippen LogP) is 4.38. The van der Waals surface area contributed by atoms with Crippen molar-refractivity contribution in [3.8, 4) is 0 Å². The molecule has 0 amide bonds. The first-order valence-corrected chi connectivity index (χ1v) is 7.20. The quantitative estimate of drug-likeness (QED) is 0.738. The molecule has 1 aromatic heterocycles. The largest absolute Gasteiger partial charge is 0.354 e. The monoisotopic (exact) mass is 273 g/mol. The van der Waals surface area contributed by atoms with Crippen molar-refractivity contribution in [1.82, 2.24) is 4.98 Å². The minimum atomic E-state index is 0.208. The van der Waals surface area contributed by atoms with Gasteiger partial charge in [0, 0.05) is 17.3 Å². The second-order valence-electron chi connectivity index (χ2n) is 5.44. The average Bonchev–Trinajstić information content (AvgIpc) is 2.92. The molecule has 1 heterocycles. The maximum absolute atomic E-state index is 12.3. The van der Waals surface area contributed by atoms with Crippen molar-refractivity contribution in [2.75, 3.05) is 0 Å². The van der Waals surface area contributed by atoms with Gasteiger partial charge in [-0.3, -0.25) is 4.79 Å². The molecule has 4 rings (SSSR count). The third-order valence-electron chi connectivity index (χ3n) is 4.08. The minimum absolute atomic E-state index is 0.208. The highest BCUT2D eigenvalue weighted by Crippen LogP contribution is 2.33. The molecule has 0 atom stereocenters. The van der Waals surface area contributed by atoms with E-state index in [4.69, 9.17) is 0 Å². The average molecular weight is 273 g/mol. The van der Waals surface area contributed by atoms with Crippen molar-refractivity contribution < 1.29 is 4.79 Å². The second-order valence-corrected chi connectivity index (χ2v) is 5.44. The van der Waals surface area contributed by atoms with Gasteiger partial charge >= 0.3 is 0 Å². The van der Waals surface area contributed by atoms with Crippen molar-refractivity contribution >= 4 is 22.3 Å². The van der Waals surface area contributed by atoms with E-state index >= 15 is 0 Å². The number of ketones is 1. The minimum Gasteiger partial charge on any atom is -0.354 e. The number of carbonyl (C=O) groups excluding carboxylic acids is 1. The Labute approximate surface area is 123 Å². The van der Waals surface area contributed by atoms with Crippen LogP contribution in [-0.2, 0) is 6.42 Å². The Bertz CT molecular complexity index is 856. The van der Waals surface area contributed by atoms with E-state index in [2.05, 4.69) is 35.3 Å². The number of allylic oxidation sites excluding steroid dienone is 2. The zero-order chi connectivity index (χ0) is 14.2. The number of nitrogens with one attached hydrogen (secondary N) is 1. The molecule has 0 saturated carbocycles. The van der Waals surface area contributed by atoms with E-state index in [1.165, 1.54) is 11.1 Å². The summed E-state index contributed by atoms with van der Waals surface area (Å²) in [7, 11) is 0. The molecule has 1 aliphatic carbocycles. The first-order valence-electron chi connectivity index (χ1n) is 7.20. The van der Waals surface area contributed by atoms with Gasteiger partial charge in [0.15, 0.2) is 5.78 Å². The number of Topliss-reactive ketones (excluding diaryl/α,β-unsaturated/α-hetero) is 1. The maximum atomic E-state index is 12.3. The number of aromatic amines is 1. The van der Waals surface area contributed by atoms with Gasteiger partial charge in [0.1, 0.15) is 0 Å². The van der Waals surface area contributed by atoms with Gasteiger partial charge in [0.05, 0.1) is 11.3 Å². The molecule has 2 heteroatoms. The summed E-state index contributed by atoms with van der Waals surface area (Å²) in [5.74, 6) is 0.208. The zero-order valence-corrected chi connectivity index (χ0v) is 11.6. The number of para-hydroxylation sites is 1. The molecular formula is C19H15NO. The Morgan fingerprint density at radius 2 is 1.71 bits per heavy atom. The fourth-order valence-electron chi connectivity index (χ4n) is 3.07. The van der Waals surface area contributed by atoms with Gasteiger partial charge in [0.25, 0.3) is 0 Å². The zero-order valence-electron chi connectivity index (χ0n) is 11.6. The molecule has 0 spiro atoms. The molecule has 1 N–H and O–H groups in total. The number of carbonyl (C=O) groups is 1. The lowest BCUT2D eigenvalue weighted by atomic mass is 9.90. The van der Waals surface area contributed by atoms with Crippen molar-refractivity contribution in [2.45, 2.75) is 12.8 Å². The molecule has 0 unspecified atom stereocenters. The summed E-state index contributed by atoms with van der Waals surface area (Å²) in [6, 6.07) is 18.4. The number of rotatable bonds is 2. The molecule has 2 nitrogen and oxygen atoms in total. The molecule has 1 aliphatic rings. The van der Waals surface area contributed by atoms with E-state index in [1.807, 2.05) is 30.3 Å². The van der Waals surface area contributed by atoms with Gasteiger partial charge in [-0.05, 0) is 23.6 Å². The first-order chi connectivity index (χ1) is 10.3. The first kappa shape index (κ1) is 12.2. The molecule has 3 aromatic rings. The Morgan fingerprint density at radius 3 is 2.57 bits per heavy atom. The fraction of sp³-hybridized carbons (Fsp3) is 0.105. The molecule has 0 bridgehead atoms. The normalized spacial score (nSPS) is 14.1. The maximum Gasteiger partial charge on any atom is 0.169 e. The topological polar surface area (TPSA) is 32.9 Å². The van der Waals surface area contributed by atoms with E-state index in [-0.39, 0.29) is 5.78 Å².